The maximum absolute atomic E-state index is 5.85. The van der Waals surface area contributed by atoms with Crippen LogP contribution in [0.1, 0.15) is 24.4 Å². The second-order valence-electron chi connectivity index (χ2n) is 3.28. The van der Waals surface area contributed by atoms with Crippen molar-refractivity contribution in [3.05, 3.63) is 22.8 Å². The molecule has 1 aliphatic rings. The van der Waals surface area contributed by atoms with E-state index in [1.165, 1.54) is 6.42 Å². The Kier molecular flexibility index (Phi) is 2.38. The van der Waals surface area contributed by atoms with Gasteiger partial charge in [-0.05, 0) is 25.5 Å². The summed E-state index contributed by atoms with van der Waals surface area (Å²) < 4.78 is 0. The molecule has 0 amide bonds. The van der Waals surface area contributed by atoms with Gasteiger partial charge in [0.1, 0.15) is 5.82 Å². The highest BCUT2D eigenvalue weighted by atomic mass is 35.5. The van der Waals surface area contributed by atoms with Gasteiger partial charge in [0.05, 0.1) is 5.02 Å². The van der Waals surface area contributed by atoms with Crippen LogP contribution in [0.15, 0.2) is 12.3 Å². The van der Waals surface area contributed by atoms with Crippen molar-refractivity contribution in [2.75, 3.05) is 12.3 Å². The standard InChI is InChI=1S/C9H12ClN3/c10-6-4-7(9(11)13-5-6)8-2-1-3-12-8/h4-5,8,12H,1-3H2,(H2,11,13). The Bertz CT molecular complexity index is 308. The predicted octanol–water partition coefficient (Wildman–Crippen LogP) is 1.74. The van der Waals surface area contributed by atoms with E-state index in [-0.39, 0.29) is 0 Å². The maximum atomic E-state index is 5.85. The third kappa shape index (κ3) is 1.76. The second-order valence-corrected chi connectivity index (χ2v) is 3.71. The van der Waals surface area contributed by atoms with Crippen LogP contribution in [0.5, 0.6) is 0 Å². The third-order valence-electron chi connectivity index (χ3n) is 2.35. The summed E-state index contributed by atoms with van der Waals surface area (Å²) in [7, 11) is 0. The van der Waals surface area contributed by atoms with Gasteiger partial charge < -0.3 is 11.1 Å². The van der Waals surface area contributed by atoms with Crippen LogP contribution >= 0.6 is 11.6 Å². The second kappa shape index (κ2) is 3.52. The minimum atomic E-state index is 0.339. The van der Waals surface area contributed by atoms with Gasteiger partial charge in [0, 0.05) is 17.8 Å². The highest BCUT2D eigenvalue weighted by Gasteiger charge is 2.19. The SMILES string of the molecule is Nc1ncc(Cl)cc1C1CCCN1. The van der Waals surface area contributed by atoms with Gasteiger partial charge in [-0.2, -0.15) is 0 Å². The summed E-state index contributed by atoms with van der Waals surface area (Å²) in [5, 5.41) is 4.01. The molecule has 0 aliphatic carbocycles. The Morgan fingerprint density at radius 2 is 2.46 bits per heavy atom. The maximum Gasteiger partial charge on any atom is 0.128 e. The third-order valence-corrected chi connectivity index (χ3v) is 2.56. The van der Waals surface area contributed by atoms with E-state index in [0.717, 1.165) is 18.5 Å². The van der Waals surface area contributed by atoms with Crippen molar-refractivity contribution in [3.63, 3.8) is 0 Å². The minimum Gasteiger partial charge on any atom is -0.383 e. The van der Waals surface area contributed by atoms with E-state index in [2.05, 4.69) is 10.3 Å². The van der Waals surface area contributed by atoms with Crippen LogP contribution in [0.25, 0.3) is 0 Å². The summed E-state index contributed by atoms with van der Waals surface area (Å²) in [4.78, 5) is 4.03. The van der Waals surface area contributed by atoms with Crippen LogP contribution < -0.4 is 11.1 Å². The topological polar surface area (TPSA) is 50.9 Å². The van der Waals surface area contributed by atoms with Crippen LogP contribution in [0.4, 0.5) is 5.82 Å². The number of nitrogens with zero attached hydrogens (tertiary/aromatic N) is 1. The Morgan fingerprint density at radius 1 is 1.62 bits per heavy atom. The predicted molar refractivity (Wildman–Crippen MR) is 53.6 cm³/mol. The number of hydrogen-bond acceptors (Lipinski definition) is 3. The first-order valence-electron chi connectivity index (χ1n) is 4.41. The molecule has 1 atom stereocenters. The van der Waals surface area contributed by atoms with Crippen molar-refractivity contribution in [3.8, 4) is 0 Å². The molecule has 1 fully saturated rings. The number of nitrogens with two attached hydrogens (primary N) is 1. The summed E-state index contributed by atoms with van der Waals surface area (Å²) in [5.41, 5.74) is 6.79. The number of nitrogens with one attached hydrogen (secondary N) is 1. The number of aromatic nitrogens is 1. The smallest absolute Gasteiger partial charge is 0.128 e. The molecule has 1 aliphatic heterocycles. The van der Waals surface area contributed by atoms with E-state index in [9.17, 15) is 0 Å². The van der Waals surface area contributed by atoms with E-state index in [1.54, 1.807) is 6.20 Å². The van der Waals surface area contributed by atoms with Crippen LogP contribution in [-0.4, -0.2) is 11.5 Å². The molecule has 3 N–H and O–H groups in total. The summed E-state index contributed by atoms with van der Waals surface area (Å²) in [6.45, 7) is 1.05. The van der Waals surface area contributed by atoms with Gasteiger partial charge in [-0.1, -0.05) is 11.6 Å². The Balaban J connectivity index is 2.32. The highest BCUT2D eigenvalue weighted by molar-refractivity contribution is 6.30. The zero-order chi connectivity index (χ0) is 9.26. The Morgan fingerprint density at radius 3 is 3.15 bits per heavy atom. The first-order chi connectivity index (χ1) is 6.27. The molecule has 2 heterocycles. The van der Waals surface area contributed by atoms with E-state index in [4.69, 9.17) is 17.3 Å². The Labute approximate surface area is 82.3 Å². The summed E-state index contributed by atoms with van der Waals surface area (Å²) in [6.07, 6.45) is 3.89. The number of halogens is 1. The van der Waals surface area contributed by atoms with Crippen molar-refractivity contribution in [2.24, 2.45) is 0 Å². The molecule has 0 aromatic carbocycles. The normalized spacial score (nSPS) is 22.1. The molecule has 1 unspecified atom stereocenters. The van der Waals surface area contributed by atoms with Crippen LogP contribution in [-0.2, 0) is 0 Å². The molecule has 4 heteroatoms. The number of rotatable bonds is 1. The lowest BCUT2D eigenvalue weighted by atomic mass is 10.1. The molecule has 0 spiro atoms. The number of nitrogen functional groups attached to an aromatic ring is 1. The highest BCUT2D eigenvalue weighted by Crippen LogP contribution is 2.28. The average Bonchev–Trinajstić information content (AvgIpc) is 2.61. The molecule has 0 saturated carbocycles. The zero-order valence-electron chi connectivity index (χ0n) is 7.26. The molecular formula is C9H12ClN3. The number of hydrogen-bond donors (Lipinski definition) is 2. The molecular weight excluding hydrogens is 186 g/mol. The van der Waals surface area contributed by atoms with Crippen LogP contribution in [0.2, 0.25) is 5.02 Å². The van der Waals surface area contributed by atoms with E-state index >= 15 is 0 Å². The van der Waals surface area contributed by atoms with Gasteiger partial charge in [0.15, 0.2) is 0 Å². The summed E-state index contributed by atoms with van der Waals surface area (Å²) >= 11 is 5.85. The molecule has 70 valence electrons. The number of pyridine rings is 1. The first kappa shape index (κ1) is 8.78. The number of anilines is 1. The lowest BCUT2D eigenvalue weighted by Crippen LogP contribution is -2.15. The fourth-order valence-corrected chi connectivity index (χ4v) is 1.86. The van der Waals surface area contributed by atoms with Gasteiger partial charge >= 0.3 is 0 Å². The van der Waals surface area contributed by atoms with Gasteiger partial charge in [-0.15, -0.1) is 0 Å². The molecule has 1 aromatic rings. The van der Waals surface area contributed by atoms with Gasteiger partial charge in [-0.25, -0.2) is 4.98 Å². The van der Waals surface area contributed by atoms with E-state index < -0.39 is 0 Å². The van der Waals surface area contributed by atoms with Crippen LogP contribution in [0, 0.1) is 0 Å². The van der Waals surface area contributed by atoms with Crippen molar-refractivity contribution >= 4 is 17.4 Å². The summed E-state index contributed by atoms with van der Waals surface area (Å²) in [6, 6.07) is 2.23. The van der Waals surface area contributed by atoms with Crippen molar-refractivity contribution < 1.29 is 0 Å². The molecule has 13 heavy (non-hydrogen) atoms. The monoisotopic (exact) mass is 197 g/mol. The fraction of sp³-hybridized carbons (Fsp3) is 0.444. The zero-order valence-corrected chi connectivity index (χ0v) is 8.01. The van der Waals surface area contributed by atoms with Crippen molar-refractivity contribution in [1.29, 1.82) is 0 Å². The Hall–Kier alpha value is -0.800. The average molecular weight is 198 g/mol. The minimum absolute atomic E-state index is 0.339. The lowest BCUT2D eigenvalue weighted by molar-refractivity contribution is 0.647. The molecule has 1 saturated heterocycles. The molecule has 0 radical (unpaired) electrons. The largest absolute Gasteiger partial charge is 0.383 e. The van der Waals surface area contributed by atoms with E-state index in [1.807, 2.05) is 6.07 Å². The van der Waals surface area contributed by atoms with Crippen molar-refractivity contribution in [1.82, 2.24) is 10.3 Å². The van der Waals surface area contributed by atoms with E-state index in [0.29, 0.717) is 16.9 Å². The molecule has 0 bridgehead atoms. The molecule has 3 nitrogen and oxygen atoms in total. The molecule has 2 rings (SSSR count). The van der Waals surface area contributed by atoms with Crippen molar-refractivity contribution in [2.45, 2.75) is 18.9 Å². The first-order valence-corrected chi connectivity index (χ1v) is 4.79. The quantitative estimate of drug-likeness (QED) is 0.721. The molecule has 1 aromatic heterocycles. The van der Waals surface area contributed by atoms with Gasteiger partial charge in [0.2, 0.25) is 0 Å². The van der Waals surface area contributed by atoms with Crippen LogP contribution in [0.3, 0.4) is 0 Å². The van der Waals surface area contributed by atoms with Gasteiger partial charge in [-0.3, -0.25) is 0 Å². The fourth-order valence-electron chi connectivity index (χ4n) is 1.69. The summed E-state index contributed by atoms with van der Waals surface area (Å²) in [5.74, 6) is 0.587. The van der Waals surface area contributed by atoms with Gasteiger partial charge in [0.25, 0.3) is 0 Å². The lowest BCUT2D eigenvalue weighted by Gasteiger charge is -2.12.